The zero-order chi connectivity index (χ0) is 14.8. The number of carbonyl (C=O) groups excluding carboxylic acids is 2. The van der Waals surface area contributed by atoms with E-state index >= 15 is 0 Å². The van der Waals surface area contributed by atoms with Crippen molar-refractivity contribution in [3.05, 3.63) is 0 Å². The third kappa shape index (κ3) is 4.45. The minimum atomic E-state index is -1.43. The first-order valence-corrected chi connectivity index (χ1v) is 6.05. The van der Waals surface area contributed by atoms with Crippen LogP contribution in [0, 0.1) is 5.41 Å². The predicted molar refractivity (Wildman–Crippen MR) is 64.3 cm³/mol. The van der Waals surface area contributed by atoms with Crippen LogP contribution in [0.4, 0.5) is 0 Å². The normalized spacial score (nSPS) is 28.9. The van der Waals surface area contributed by atoms with Gasteiger partial charge in [-0.2, -0.15) is 0 Å². The molecule has 4 N–H and O–H groups in total. The summed E-state index contributed by atoms with van der Waals surface area (Å²) < 4.78 is 9.52. The van der Waals surface area contributed by atoms with Gasteiger partial charge >= 0.3 is 11.9 Å². The van der Waals surface area contributed by atoms with Gasteiger partial charge in [-0.15, -0.1) is 0 Å². The van der Waals surface area contributed by atoms with E-state index in [0.717, 1.165) is 0 Å². The van der Waals surface area contributed by atoms with Crippen LogP contribution >= 0.6 is 0 Å². The van der Waals surface area contributed by atoms with Gasteiger partial charge in [0.15, 0.2) is 12.2 Å². The van der Waals surface area contributed by atoms with Crippen LogP contribution in [0.25, 0.3) is 0 Å². The second-order valence-corrected chi connectivity index (χ2v) is 5.86. The molecule has 1 aliphatic rings. The number of hydrogen-bond donors (Lipinski definition) is 2. The molecule has 19 heavy (non-hydrogen) atoms. The standard InChI is InChI=1S/C12H20O7/c1-12(2,3)4-7(14)18-5-6(13)10-8(15)9(16)11(17)19-10/h6,8-10,13,15-16H,4-5H2,1-3H3/p+1. The molecule has 0 aromatic carbocycles. The lowest BCUT2D eigenvalue weighted by Gasteiger charge is -2.20. The van der Waals surface area contributed by atoms with Gasteiger partial charge in [0, 0.05) is 0 Å². The molecule has 0 saturated carbocycles. The summed E-state index contributed by atoms with van der Waals surface area (Å²) >= 11 is 0. The van der Waals surface area contributed by atoms with E-state index in [-0.39, 0.29) is 18.4 Å². The van der Waals surface area contributed by atoms with Crippen LogP contribution < -0.4 is 0 Å². The summed E-state index contributed by atoms with van der Waals surface area (Å²) in [5.74, 6) is -1.37. The van der Waals surface area contributed by atoms with E-state index in [2.05, 4.69) is 4.74 Å². The Morgan fingerprint density at radius 3 is 2.53 bits per heavy atom. The summed E-state index contributed by atoms with van der Waals surface area (Å²) in [5, 5.41) is 26.5. The molecular weight excluding hydrogens is 256 g/mol. The summed E-state index contributed by atoms with van der Waals surface area (Å²) in [6, 6.07) is 0. The highest BCUT2D eigenvalue weighted by Gasteiger charge is 2.50. The molecule has 0 radical (unpaired) electrons. The lowest BCUT2D eigenvalue weighted by atomic mass is 9.92. The molecule has 7 nitrogen and oxygen atoms in total. The lowest BCUT2D eigenvalue weighted by Crippen LogP contribution is -2.41. The van der Waals surface area contributed by atoms with Crippen molar-refractivity contribution in [3.8, 4) is 0 Å². The van der Waals surface area contributed by atoms with Crippen LogP contribution in [-0.2, 0) is 19.1 Å². The maximum absolute atomic E-state index is 11.4. The van der Waals surface area contributed by atoms with Crippen molar-refractivity contribution in [2.75, 3.05) is 6.61 Å². The van der Waals surface area contributed by atoms with Crippen LogP contribution in [0.5, 0.6) is 0 Å². The van der Waals surface area contributed by atoms with Gasteiger partial charge in [-0.25, -0.2) is 4.79 Å². The summed E-state index contributed by atoms with van der Waals surface area (Å²) in [7, 11) is 0. The molecule has 0 bridgehead atoms. The first-order chi connectivity index (χ1) is 8.61. The largest absolute Gasteiger partial charge is 0.463 e. The topological polar surface area (TPSA) is 116 Å². The Bertz CT molecular complexity index is 346. The number of rotatable bonds is 4. The van der Waals surface area contributed by atoms with Crippen LogP contribution in [0.15, 0.2) is 0 Å². The smallest absolute Gasteiger partial charge is 0.390 e. The van der Waals surface area contributed by atoms with Crippen molar-refractivity contribution in [2.45, 2.75) is 51.6 Å². The fourth-order valence-electron chi connectivity index (χ4n) is 1.67. The molecule has 4 unspecified atom stereocenters. The molecule has 0 amide bonds. The van der Waals surface area contributed by atoms with E-state index in [9.17, 15) is 19.8 Å². The van der Waals surface area contributed by atoms with Gasteiger partial charge in [-0.05, 0) is 5.41 Å². The van der Waals surface area contributed by atoms with Gasteiger partial charge in [-0.1, -0.05) is 20.8 Å². The highest BCUT2D eigenvalue weighted by atomic mass is 16.6. The van der Waals surface area contributed by atoms with Crippen LogP contribution in [-0.4, -0.2) is 58.3 Å². The van der Waals surface area contributed by atoms with E-state index in [1.807, 2.05) is 20.8 Å². The van der Waals surface area contributed by atoms with E-state index in [0.29, 0.717) is 0 Å². The van der Waals surface area contributed by atoms with Crippen LogP contribution in [0.3, 0.4) is 0 Å². The van der Waals surface area contributed by atoms with Gasteiger partial charge in [0.2, 0.25) is 0 Å². The fraction of sp³-hybridized carbons (Fsp3) is 0.833. The summed E-state index contributed by atoms with van der Waals surface area (Å²) in [5.41, 5.74) is -0.229. The molecular formula is C12H21O7+. The number of aliphatic hydroxyl groups is 2. The SMILES string of the molecule is CC(C)(C)CC(=O)OCC(O)C1OC(=O)C([OH2+])C1O. The molecule has 110 valence electrons. The number of ether oxygens (including phenoxy) is 2. The van der Waals surface area contributed by atoms with Crippen molar-refractivity contribution in [1.82, 2.24) is 0 Å². The van der Waals surface area contributed by atoms with E-state index < -0.39 is 36.4 Å². The third-order valence-electron chi connectivity index (χ3n) is 2.65. The van der Waals surface area contributed by atoms with Crippen molar-refractivity contribution in [3.63, 3.8) is 0 Å². The maximum atomic E-state index is 11.4. The Labute approximate surface area is 111 Å². The average Bonchev–Trinajstić information content (AvgIpc) is 2.51. The predicted octanol–water partition coefficient (Wildman–Crippen LogP) is -1.29. The van der Waals surface area contributed by atoms with Crippen molar-refractivity contribution < 1.29 is 34.4 Å². The quantitative estimate of drug-likeness (QED) is 0.487. The lowest BCUT2D eigenvalue weighted by molar-refractivity contribution is -0.157. The summed E-state index contributed by atoms with van der Waals surface area (Å²) in [4.78, 5) is 22.5. The molecule has 1 aliphatic heterocycles. The molecule has 7 heteroatoms. The molecule has 4 atom stereocenters. The summed E-state index contributed by atoms with van der Waals surface area (Å²) in [6.07, 6.45) is -5.21. The Kier molecular flexibility index (Phi) is 4.89. The monoisotopic (exact) mass is 277 g/mol. The minimum absolute atomic E-state index is 0.188. The minimum Gasteiger partial charge on any atom is -0.463 e. The maximum Gasteiger partial charge on any atom is 0.390 e. The molecule has 0 aliphatic carbocycles. The molecule has 0 aromatic rings. The molecule has 0 aromatic heterocycles. The van der Waals surface area contributed by atoms with Crippen molar-refractivity contribution in [2.24, 2.45) is 5.41 Å². The number of carbonyl (C=O) groups is 2. The van der Waals surface area contributed by atoms with Gasteiger partial charge in [-0.3, -0.25) is 4.79 Å². The molecule has 1 rings (SSSR count). The number of esters is 2. The molecule has 1 saturated heterocycles. The number of hydrogen-bond acceptors (Lipinski definition) is 6. The molecule has 1 heterocycles. The zero-order valence-corrected chi connectivity index (χ0v) is 11.3. The van der Waals surface area contributed by atoms with Crippen LogP contribution in [0.1, 0.15) is 27.2 Å². The Balaban J connectivity index is 2.42. The first-order valence-electron chi connectivity index (χ1n) is 6.05. The van der Waals surface area contributed by atoms with Gasteiger partial charge in [0.25, 0.3) is 6.10 Å². The first kappa shape index (κ1) is 15.9. The van der Waals surface area contributed by atoms with E-state index in [1.54, 1.807) is 0 Å². The Morgan fingerprint density at radius 2 is 2.11 bits per heavy atom. The van der Waals surface area contributed by atoms with E-state index in [4.69, 9.17) is 9.84 Å². The van der Waals surface area contributed by atoms with Gasteiger partial charge in [0.1, 0.15) is 12.7 Å². The highest BCUT2D eigenvalue weighted by Crippen LogP contribution is 2.21. The Morgan fingerprint density at radius 1 is 1.53 bits per heavy atom. The highest BCUT2D eigenvalue weighted by molar-refractivity contribution is 5.77. The van der Waals surface area contributed by atoms with Crippen molar-refractivity contribution in [1.29, 1.82) is 0 Å². The number of cyclic esters (lactones) is 1. The van der Waals surface area contributed by atoms with E-state index in [1.165, 1.54) is 0 Å². The second kappa shape index (κ2) is 5.85. The molecule has 1 fully saturated rings. The molecule has 0 spiro atoms. The zero-order valence-electron chi connectivity index (χ0n) is 11.3. The van der Waals surface area contributed by atoms with Crippen LogP contribution in [0.2, 0.25) is 0 Å². The average molecular weight is 277 g/mol. The van der Waals surface area contributed by atoms with Gasteiger partial charge in [0.05, 0.1) is 6.42 Å². The van der Waals surface area contributed by atoms with Gasteiger partial charge < -0.3 is 24.8 Å². The Hall–Kier alpha value is -1.18. The second-order valence-electron chi connectivity index (χ2n) is 5.86. The number of aliphatic hydroxyl groups excluding tert-OH is 2. The third-order valence-corrected chi connectivity index (χ3v) is 2.65. The summed E-state index contributed by atoms with van der Waals surface area (Å²) in [6.45, 7) is 5.24. The fourth-order valence-corrected chi connectivity index (χ4v) is 1.67. The van der Waals surface area contributed by atoms with Crippen molar-refractivity contribution >= 4 is 11.9 Å².